The molecule has 120 valence electrons. The third kappa shape index (κ3) is 5.08. The van der Waals surface area contributed by atoms with Crippen LogP contribution in [-0.4, -0.2) is 45.3 Å². The summed E-state index contributed by atoms with van der Waals surface area (Å²) in [7, 11) is 0. The quantitative estimate of drug-likeness (QED) is 0.863. The largest absolute Gasteiger partial charge is 0.480 e. The molecule has 0 heterocycles. The number of rotatable bonds is 5. The third-order valence-corrected chi connectivity index (χ3v) is 2.56. The number of ether oxygens (including phenoxy) is 1. The standard InChI is InChI=1S/C15H19NO6/c1-15(2,3)22-14(21)16(9-11(17)18)12(13(19)20)10-7-5-4-6-8-10/h4-8,12H,9H2,1-3H3,(H,17,18)(H,19,20)/i1D. The van der Waals surface area contributed by atoms with Crippen LogP contribution in [0.2, 0.25) is 0 Å². The van der Waals surface area contributed by atoms with Gasteiger partial charge in [-0.05, 0) is 26.3 Å². The Kier molecular flexibility index (Phi) is 4.98. The minimum atomic E-state index is -1.50. The fourth-order valence-electron chi connectivity index (χ4n) is 1.79. The number of nitrogens with zero attached hydrogens (tertiary/aromatic N) is 1. The number of aliphatic carboxylic acids is 2. The predicted molar refractivity (Wildman–Crippen MR) is 77.4 cm³/mol. The first-order valence-corrected chi connectivity index (χ1v) is 6.46. The minimum absolute atomic E-state index is 0.247. The smallest absolute Gasteiger partial charge is 0.411 e. The zero-order valence-electron chi connectivity index (χ0n) is 13.4. The van der Waals surface area contributed by atoms with Crippen LogP contribution in [-0.2, 0) is 14.3 Å². The first-order chi connectivity index (χ1) is 10.7. The Labute approximate surface area is 129 Å². The lowest BCUT2D eigenvalue weighted by molar-refractivity contribution is -0.146. The van der Waals surface area contributed by atoms with E-state index in [9.17, 15) is 19.5 Å². The van der Waals surface area contributed by atoms with Crippen LogP contribution in [0.25, 0.3) is 0 Å². The number of benzene rings is 1. The fourth-order valence-corrected chi connectivity index (χ4v) is 1.79. The Morgan fingerprint density at radius 3 is 2.32 bits per heavy atom. The van der Waals surface area contributed by atoms with Gasteiger partial charge in [0.1, 0.15) is 12.1 Å². The summed E-state index contributed by atoms with van der Waals surface area (Å²) in [6.07, 6.45) is -1.10. The molecule has 2 N–H and O–H groups in total. The highest BCUT2D eigenvalue weighted by atomic mass is 16.6. The summed E-state index contributed by atoms with van der Waals surface area (Å²) in [5, 5.41) is 18.4. The van der Waals surface area contributed by atoms with Gasteiger partial charge in [0.15, 0.2) is 6.04 Å². The van der Waals surface area contributed by atoms with E-state index in [-0.39, 0.29) is 12.5 Å². The maximum absolute atomic E-state index is 12.3. The van der Waals surface area contributed by atoms with Crippen LogP contribution in [0, 0.1) is 0 Å². The van der Waals surface area contributed by atoms with Crippen molar-refractivity contribution in [2.75, 3.05) is 6.54 Å². The Bertz CT molecular complexity index is 575. The number of carboxylic acid groups (broad SMARTS) is 2. The lowest BCUT2D eigenvalue weighted by Gasteiger charge is -2.30. The van der Waals surface area contributed by atoms with Crippen LogP contribution in [0.5, 0.6) is 0 Å². The monoisotopic (exact) mass is 310 g/mol. The molecule has 1 aromatic rings. The van der Waals surface area contributed by atoms with Crippen LogP contribution < -0.4 is 0 Å². The van der Waals surface area contributed by atoms with Gasteiger partial charge in [-0.1, -0.05) is 30.3 Å². The van der Waals surface area contributed by atoms with E-state index < -0.39 is 36.2 Å². The fraction of sp³-hybridized carbons (Fsp3) is 0.400. The van der Waals surface area contributed by atoms with Crippen LogP contribution in [0.3, 0.4) is 0 Å². The number of amides is 1. The first-order valence-electron chi connectivity index (χ1n) is 7.17. The van der Waals surface area contributed by atoms with Crippen molar-refractivity contribution in [2.24, 2.45) is 0 Å². The van der Waals surface area contributed by atoms with Gasteiger partial charge in [0.25, 0.3) is 0 Å². The molecule has 1 aromatic carbocycles. The number of carbonyl (C=O) groups is 3. The second kappa shape index (κ2) is 6.93. The van der Waals surface area contributed by atoms with E-state index in [1.807, 2.05) is 0 Å². The molecule has 0 saturated carbocycles. The molecule has 1 atom stereocenters. The summed E-state index contributed by atoms with van der Waals surface area (Å²) in [4.78, 5) is 35.5. The van der Waals surface area contributed by atoms with Crippen LogP contribution in [0.15, 0.2) is 30.3 Å². The van der Waals surface area contributed by atoms with Crippen LogP contribution in [0.4, 0.5) is 4.79 Å². The van der Waals surface area contributed by atoms with E-state index in [4.69, 9.17) is 11.2 Å². The summed E-state index contributed by atoms with van der Waals surface area (Å²) in [6, 6.07) is 6.31. The summed E-state index contributed by atoms with van der Waals surface area (Å²) < 4.78 is 12.4. The average molecular weight is 310 g/mol. The molecule has 0 spiro atoms. The molecule has 0 saturated heterocycles. The Hall–Kier alpha value is -2.57. The van der Waals surface area contributed by atoms with Crippen molar-refractivity contribution in [1.29, 1.82) is 0 Å². The highest BCUT2D eigenvalue weighted by Gasteiger charge is 2.35. The van der Waals surface area contributed by atoms with Crippen molar-refractivity contribution >= 4 is 18.0 Å². The van der Waals surface area contributed by atoms with Crippen molar-refractivity contribution in [3.8, 4) is 0 Å². The molecule has 7 heteroatoms. The van der Waals surface area contributed by atoms with E-state index in [1.165, 1.54) is 26.0 Å². The van der Waals surface area contributed by atoms with Crippen molar-refractivity contribution in [2.45, 2.75) is 32.4 Å². The van der Waals surface area contributed by atoms with Crippen LogP contribution >= 0.6 is 0 Å². The predicted octanol–water partition coefficient (Wildman–Crippen LogP) is 2.13. The van der Waals surface area contributed by atoms with E-state index in [0.29, 0.717) is 4.90 Å². The average Bonchev–Trinajstić information content (AvgIpc) is 2.46. The van der Waals surface area contributed by atoms with Crippen molar-refractivity contribution < 1.29 is 30.7 Å². The van der Waals surface area contributed by atoms with E-state index in [0.717, 1.165) is 0 Å². The summed E-state index contributed by atoms with van der Waals surface area (Å²) in [6.45, 7) is 1.88. The van der Waals surface area contributed by atoms with Crippen molar-refractivity contribution in [3.63, 3.8) is 0 Å². The second-order valence-electron chi connectivity index (χ2n) is 5.30. The lowest BCUT2D eigenvalue weighted by Crippen LogP contribution is -2.44. The molecule has 0 aliphatic heterocycles. The maximum atomic E-state index is 12.3. The first kappa shape index (κ1) is 15.8. The van der Waals surface area contributed by atoms with Gasteiger partial charge >= 0.3 is 18.0 Å². The third-order valence-electron chi connectivity index (χ3n) is 2.56. The number of hydrogen-bond donors (Lipinski definition) is 2. The van der Waals surface area contributed by atoms with Crippen molar-refractivity contribution in [1.82, 2.24) is 4.90 Å². The van der Waals surface area contributed by atoms with Crippen molar-refractivity contribution in [3.05, 3.63) is 35.9 Å². The Morgan fingerprint density at radius 2 is 1.86 bits per heavy atom. The van der Waals surface area contributed by atoms with E-state index >= 15 is 0 Å². The molecule has 7 nitrogen and oxygen atoms in total. The lowest BCUT2D eigenvalue weighted by atomic mass is 10.1. The molecular formula is C15H19NO6. The minimum Gasteiger partial charge on any atom is -0.480 e. The zero-order chi connectivity index (χ0) is 17.6. The van der Waals surface area contributed by atoms with Crippen LogP contribution in [0.1, 0.15) is 33.7 Å². The molecule has 0 aromatic heterocycles. The maximum Gasteiger partial charge on any atom is 0.411 e. The highest BCUT2D eigenvalue weighted by molar-refractivity contribution is 5.84. The SMILES string of the molecule is [2H]CC(C)(C)OC(=O)N(CC(=O)O)C(C(=O)O)c1ccccc1. The van der Waals surface area contributed by atoms with Gasteiger partial charge < -0.3 is 14.9 Å². The molecule has 22 heavy (non-hydrogen) atoms. The summed E-state index contributed by atoms with van der Waals surface area (Å²) in [5.74, 6) is -2.74. The Balaban J connectivity index is 3.18. The second-order valence-corrected chi connectivity index (χ2v) is 5.30. The van der Waals surface area contributed by atoms with Gasteiger partial charge in [-0.25, -0.2) is 9.59 Å². The molecule has 1 unspecified atom stereocenters. The molecule has 0 radical (unpaired) electrons. The molecule has 1 amide bonds. The van der Waals surface area contributed by atoms with E-state index in [1.54, 1.807) is 18.2 Å². The highest BCUT2D eigenvalue weighted by Crippen LogP contribution is 2.23. The molecule has 0 bridgehead atoms. The number of hydrogen-bond acceptors (Lipinski definition) is 4. The number of carboxylic acids is 2. The molecule has 1 rings (SSSR count). The molecule has 0 aliphatic rings. The Morgan fingerprint density at radius 1 is 1.27 bits per heavy atom. The van der Waals surface area contributed by atoms with E-state index in [2.05, 4.69) is 0 Å². The molecule has 0 fully saturated rings. The van der Waals surface area contributed by atoms with Gasteiger partial charge in [-0.2, -0.15) is 0 Å². The van der Waals surface area contributed by atoms with Gasteiger partial charge in [-0.15, -0.1) is 0 Å². The topological polar surface area (TPSA) is 104 Å². The summed E-state index contributed by atoms with van der Waals surface area (Å²) in [5.41, 5.74) is -0.907. The molecular weight excluding hydrogens is 290 g/mol. The molecule has 0 aliphatic carbocycles. The van der Waals surface area contributed by atoms with Gasteiger partial charge in [0, 0.05) is 1.37 Å². The normalized spacial score (nSPS) is 12.9. The number of carbonyl (C=O) groups excluding carboxylic acids is 1. The summed E-state index contributed by atoms with van der Waals surface area (Å²) >= 11 is 0. The zero-order valence-corrected chi connectivity index (χ0v) is 12.4. The van der Waals surface area contributed by atoms with Gasteiger partial charge in [0.2, 0.25) is 0 Å². The van der Waals surface area contributed by atoms with Gasteiger partial charge in [0.05, 0.1) is 0 Å². The van der Waals surface area contributed by atoms with Gasteiger partial charge in [-0.3, -0.25) is 9.69 Å².